The molecule has 4 heteroatoms. The molecule has 0 radical (unpaired) electrons. The number of halogens is 1. The van der Waals surface area contributed by atoms with Gasteiger partial charge in [-0.2, -0.15) is 0 Å². The fourth-order valence-corrected chi connectivity index (χ4v) is 3.16. The summed E-state index contributed by atoms with van der Waals surface area (Å²) in [6.07, 6.45) is 6.19. The van der Waals surface area contributed by atoms with Gasteiger partial charge in [-0.3, -0.25) is 4.79 Å². The molecule has 3 nitrogen and oxygen atoms in total. The molecular formula is C17H27ClN2O. The van der Waals surface area contributed by atoms with Crippen LogP contribution in [-0.4, -0.2) is 37.0 Å². The largest absolute Gasteiger partial charge is 0.350 e. The number of nitrogens with zero attached hydrogens (tertiary/aromatic N) is 1. The summed E-state index contributed by atoms with van der Waals surface area (Å²) < 4.78 is 0. The number of aryl methyl sites for hydroxylation is 1. The topological polar surface area (TPSA) is 32.3 Å². The Morgan fingerprint density at radius 1 is 1.19 bits per heavy atom. The molecule has 2 rings (SSSR count). The molecule has 0 bridgehead atoms. The van der Waals surface area contributed by atoms with Crippen molar-refractivity contribution in [1.82, 2.24) is 10.2 Å². The quantitative estimate of drug-likeness (QED) is 0.924. The van der Waals surface area contributed by atoms with Crippen molar-refractivity contribution in [1.29, 1.82) is 0 Å². The number of carbonyl (C=O) groups excluding carboxylic acids is 1. The molecule has 1 amide bonds. The number of nitrogens with one attached hydrogen (secondary N) is 1. The number of benzene rings is 1. The van der Waals surface area contributed by atoms with E-state index in [1.807, 2.05) is 31.2 Å². The zero-order valence-corrected chi connectivity index (χ0v) is 14.1. The van der Waals surface area contributed by atoms with Gasteiger partial charge in [0.2, 0.25) is 0 Å². The third kappa shape index (κ3) is 4.21. The predicted molar refractivity (Wildman–Crippen MR) is 90.3 cm³/mol. The first kappa shape index (κ1) is 18.0. The third-order valence-corrected chi connectivity index (χ3v) is 4.70. The van der Waals surface area contributed by atoms with Crippen LogP contribution >= 0.6 is 12.4 Å². The Bertz CT molecular complexity index is 468. The molecule has 1 saturated carbocycles. The summed E-state index contributed by atoms with van der Waals surface area (Å²) in [6, 6.07) is 7.77. The molecule has 1 N–H and O–H groups in total. The van der Waals surface area contributed by atoms with Crippen LogP contribution in [0.4, 0.5) is 0 Å². The van der Waals surface area contributed by atoms with E-state index in [-0.39, 0.29) is 23.9 Å². The minimum atomic E-state index is 0. The van der Waals surface area contributed by atoms with Gasteiger partial charge in [0.25, 0.3) is 5.91 Å². The Kier molecular flexibility index (Phi) is 6.69. The lowest BCUT2D eigenvalue weighted by atomic mass is 9.80. The van der Waals surface area contributed by atoms with Gasteiger partial charge in [-0.1, -0.05) is 37.5 Å². The Morgan fingerprint density at radius 2 is 1.81 bits per heavy atom. The zero-order chi connectivity index (χ0) is 14.6. The van der Waals surface area contributed by atoms with Crippen molar-refractivity contribution < 1.29 is 4.79 Å². The first-order valence-corrected chi connectivity index (χ1v) is 7.56. The van der Waals surface area contributed by atoms with Crippen LogP contribution in [0, 0.1) is 6.92 Å². The standard InChI is InChI=1S/C17H26N2O.ClH/c1-14-9-5-6-10-15(14)16(20)18-13-17(19(2)3)11-7-4-8-12-17;/h5-6,9-10H,4,7-8,11-13H2,1-3H3,(H,18,20);1H. The molecule has 0 spiro atoms. The van der Waals surface area contributed by atoms with E-state index >= 15 is 0 Å². The zero-order valence-electron chi connectivity index (χ0n) is 13.3. The van der Waals surface area contributed by atoms with Gasteiger partial charge in [0.1, 0.15) is 0 Å². The fraction of sp³-hybridized carbons (Fsp3) is 0.588. The molecule has 0 aromatic heterocycles. The van der Waals surface area contributed by atoms with Crippen LogP contribution in [0.2, 0.25) is 0 Å². The van der Waals surface area contributed by atoms with Crippen molar-refractivity contribution >= 4 is 18.3 Å². The van der Waals surface area contributed by atoms with Crippen molar-refractivity contribution in [2.45, 2.75) is 44.6 Å². The van der Waals surface area contributed by atoms with Crippen LogP contribution in [0.3, 0.4) is 0 Å². The summed E-state index contributed by atoms with van der Waals surface area (Å²) in [5.74, 6) is 0.0508. The number of likely N-dealkylation sites (N-methyl/N-ethyl adjacent to an activating group) is 1. The summed E-state index contributed by atoms with van der Waals surface area (Å²) in [5.41, 5.74) is 1.96. The van der Waals surface area contributed by atoms with E-state index < -0.39 is 0 Å². The molecule has 1 aromatic rings. The molecule has 0 unspecified atom stereocenters. The second-order valence-electron chi connectivity index (χ2n) is 6.18. The minimum absolute atomic E-state index is 0. The van der Waals surface area contributed by atoms with Crippen LogP contribution in [0.5, 0.6) is 0 Å². The van der Waals surface area contributed by atoms with Crippen LogP contribution in [-0.2, 0) is 0 Å². The van der Waals surface area contributed by atoms with E-state index in [0.29, 0.717) is 0 Å². The molecule has 0 heterocycles. The second-order valence-corrected chi connectivity index (χ2v) is 6.18. The van der Waals surface area contributed by atoms with Gasteiger partial charge in [0.15, 0.2) is 0 Å². The van der Waals surface area contributed by atoms with Crippen molar-refractivity contribution in [2.24, 2.45) is 0 Å². The minimum Gasteiger partial charge on any atom is -0.350 e. The predicted octanol–water partition coefficient (Wildman–Crippen LogP) is 3.41. The van der Waals surface area contributed by atoms with Crippen LogP contribution < -0.4 is 5.32 Å². The molecule has 1 aromatic carbocycles. The van der Waals surface area contributed by atoms with Gasteiger partial charge in [-0.15, -0.1) is 12.4 Å². The van der Waals surface area contributed by atoms with Gasteiger partial charge in [0.05, 0.1) is 0 Å². The Morgan fingerprint density at radius 3 is 2.38 bits per heavy atom. The molecule has 1 fully saturated rings. The highest BCUT2D eigenvalue weighted by Gasteiger charge is 2.34. The lowest BCUT2D eigenvalue weighted by Gasteiger charge is -2.43. The SMILES string of the molecule is Cc1ccccc1C(=O)NCC1(N(C)C)CCCCC1.Cl. The van der Waals surface area contributed by atoms with Gasteiger partial charge >= 0.3 is 0 Å². The number of rotatable bonds is 4. The summed E-state index contributed by atoms with van der Waals surface area (Å²) in [5, 5.41) is 3.15. The highest BCUT2D eigenvalue weighted by molar-refractivity contribution is 5.95. The van der Waals surface area contributed by atoms with E-state index in [0.717, 1.165) is 17.7 Å². The fourth-order valence-electron chi connectivity index (χ4n) is 3.16. The van der Waals surface area contributed by atoms with Gasteiger partial charge in [0, 0.05) is 17.6 Å². The maximum absolute atomic E-state index is 12.3. The van der Waals surface area contributed by atoms with E-state index in [4.69, 9.17) is 0 Å². The molecule has 118 valence electrons. The molecule has 0 saturated heterocycles. The maximum atomic E-state index is 12.3. The summed E-state index contributed by atoms with van der Waals surface area (Å²) in [4.78, 5) is 14.6. The average Bonchev–Trinajstić information content (AvgIpc) is 2.46. The first-order valence-electron chi connectivity index (χ1n) is 7.56. The Hall–Kier alpha value is -1.06. The molecule has 1 aliphatic rings. The monoisotopic (exact) mass is 310 g/mol. The summed E-state index contributed by atoms with van der Waals surface area (Å²) >= 11 is 0. The number of amides is 1. The molecule has 21 heavy (non-hydrogen) atoms. The smallest absolute Gasteiger partial charge is 0.251 e. The van der Waals surface area contributed by atoms with Crippen LogP contribution in [0.1, 0.15) is 48.0 Å². The normalized spacial score (nSPS) is 17.1. The van der Waals surface area contributed by atoms with Crippen molar-refractivity contribution in [2.75, 3.05) is 20.6 Å². The molecule has 1 aliphatic carbocycles. The van der Waals surface area contributed by atoms with Crippen LogP contribution in [0.15, 0.2) is 24.3 Å². The Labute approximate surface area is 134 Å². The maximum Gasteiger partial charge on any atom is 0.251 e. The highest BCUT2D eigenvalue weighted by Crippen LogP contribution is 2.31. The van der Waals surface area contributed by atoms with Gasteiger partial charge in [-0.05, 0) is 45.5 Å². The third-order valence-electron chi connectivity index (χ3n) is 4.70. The highest BCUT2D eigenvalue weighted by atomic mass is 35.5. The molecular weight excluding hydrogens is 284 g/mol. The lowest BCUT2D eigenvalue weighted by Crippen LogP contribution is -2.53. The molecule has 0 aliphatic heterocycles. The number of hydrogen-bond donors (Lipinski definition) is 1. The number of carbonyl (C=O) groups is 1. The lowest BCUT2D eigenvalue weighted by molar-refractivity contribution is 0.0799. The first-order chi connectivity index (χ1) is 9.55. The Balaban J connectivity index is 0.00000220. The van der Waals surface area contributed by atoms with E-state index in [1.54, 1.807) is 0 Å². The summed E-state index contributed by atoms with van der Waals surface area (Å²) in [6.45, 7) is 2.73. The van der Waals surface area contributed by atoms with Crippen molar-refractivity contribution in [3.63, 3.8) is 0 Å². The van der Waals surface area contributed by atoms with E-state index in [2.05, 4.69) is 24.3 Å². The van der Waals surface area contributed by atoms with Gasteiger partial charge in [-0.25, -0.2) is 0 Å². The van der Waals surface area contributed by atoms with Crippen LogP contribution in [0.25, 0.3) is 0 Å². The van der Waals surface area contributed by atoms with Gasteiger partial charge < -0.3 is 10.2 Å². The second kappa shape index (κ2) is 7.81. The summed E-state index contributed by atoms with van der Waals surface area (Å²) in [7, 11) is 4.26. The number of hydrogen-bond acceptors (Lipinski definition) is 2. The molecule has 0 atom stereocenters. The van der Waals surface area contributed by atoms with E-state index in [9.17, 15) is 4.79 Å². The average molecular weight is 311 g/mol. The van der Waals surface area contributed by atoms with Crippen molar-refractivity contribution in [3.8, 4) is 0 Å². The van der Waals surface area contributed by atoms with Crippen molar-refractivity contribution in [3.05, 3.63) is 35.4 Å². The van der Waals surface area contributed by atoms with E-state index in [1.165, 1.54) is 32.1 Å².